The number of hydrogen-bond acceptors (Lipinski definition) is 12. The van der Waals surface area contributed by atoms with Gasteiger partial charge in [-0.2, -0.15) is 13.2 Å². The molecule has 0 aromatic carbocycles. The van der Waals surface area contributed by atoms with Gasteiger partial charge in [-0.3, -0.25) is 10.1 Å². The van der Waals surface area contributed by atoms with Crippen LogP contribution < -0.4 is 15.4 Å². The molecule has 0 aliphatic carbocycles. The van der Waals surface area contributed by atoms with E-state index in [0.717, 1.165) is 32.0 Å². The molecule has 0 saturated carbocycles. The van der Waals surface area contributed by atoms with Crippen LogP contribution in [0.5, 0.6) is 5.88 Å². The van der Waals surface area contributed by atoms with E-state index < -0.39 is 47.0 Å². The summed E-state index contributed by atoms with van der Waals surface area (Å²) in [4.78, 5) is 62.3. The predicted octanol–water partition coefficient (Wildman–Crippen LogP) is 5.11. The fourth-order valence-electron chi connectivity index (χ4n) is 3.78. The second-order valence-corrected chi connectivity index (χ2v) is 10.9. The Bertz CT molecular complexity index is 1590. The second kappa shape index (κ2) is 14.3. The molecule has 3 heterocycles. The van der Waals surface area contributed by atoms with Crippen molar-refractivity contribution >= 4 is 41.1 Å². The third kappa shape index (κ3) is 8.87. The number of amides is 2. The van der Waals surface area contributed by atoms with Crippen LogP contribution in [-0.4, -0.2) is 71.9 Å². The van der Waals surface area contributed by atoms with E-state index in [0.29, 0.717) is 11.3 Å². The Morgan fingerprint density at radius 3 is 2.24 bits per heavy atom. The molecule has 0 atom stereocenters. The third-order valence-corrected chi connectivity index (χ3v) is 6.43. The summed E-state index contributed by atoms with van der Waals surface area (Å²) in [5, 5.41) is 5.30. The Kier molecular flexibility index (Phi) is 11.0. The second-order valence-electron chi connectivity index (χ2n) is 10.0. The molecule has 0 radical (unpaired) electrons. The molecule has 17 heteroatoms. The zero-order valence-corrected chi connectivity index (χ0v) is 25.9. The zero-order valence-electron chi connectivity index (χ0n) is 25.1. The number of rotatable bonds is 10. The number of hydrogen-bond donors (Lipinski definition) is 2. The number of pyridine rings is 2. The van der Waals surface area contributed by atoms with Crippen LogP contribution in [-0.2, 0) is 25.2 Å². The smallest absolute Gasteiger partial charge is 0.434 e. The first kappa shape index (κ1) is 34.7. The number of carbonyl (C=O) groups excluding carboxylic acids is 4. The zero-order chi connectivity index (χ0) is 33.5. The van der Waals surface area contributed by atoms with Gasteiger partial charge >= 0.3 is 30.1 Å². The maximum Gasteiger partial charge on any atom is 0.434 e. The molecule has 0 saturated heterocycles. The normalized spacial score (nSPS) is 11.4. The van der Waals surface area contributed by atoms with E-state index >= 15 is 0 Å². The lowest BCUT2D eigenvalue weighted by Gasteiger charge is -2.20. The van der Waals surface area contributed by atoms with Crippen molar-refractivity contribution in [2.45, 2.75) is 45.9 Å². The SMILES string of the molecule is CCNC(=O)Nc1ncc(-c2cc(C(=O)OC)cnc2OCCC(=O)OC(C)(C)C)c(-c2nc(C(F)(F)F)cs2)c1C(=O)OC. The van der Waals surface area contributed by atoms with E-state index in [4.69, 9.17) is 18.9 Å². The molecule has 0 bridgehead atoms. The number of esters is 3. The van der Waals surface area contributed by atoms with Crippen molar-refractivity contribution < 1.29 is 51.3 Å². The maximum atomic E-state index is 13.6. The number of thiazole rings is 1. The van der Waals surface area contributed by atoms with Gasteiger partial charge in [0.15, 0.2) is 5.69 Å². The fraction of sp³-hybridized carbons (Fsp3) is 0.393. The monoisotopic (exact) mass is 653 g/mol. The lowest BCUT2D eigenvalue weighted by atomic mass is 9.97. The summed E-state index contributed by atoms with van der Waals surface area (Å²) in [5.74, 6) is -2.98. The molecule has 0 aliphatic rings. The van der Waals surface area contributed by atoms with Gasteiger partial charge in [-0.05, 0) is 33.8 Å². The van der Waals surface area contributed by atoms with Crippen molar-refractivity contribution in [3.05, 3.63) is 40.7 Å². The average molecular weight is 654 g/mol. The van der Waals surface area contributed by atoms with E-state index in [1.54, 1.807) is 27.7 Å². The first-order chi connectivity index (χ1) is 21.1. The summed E-state index contributed by atoms with van der Waals surface area (Å²) in [5.41, 5.74) is -2.84. The summed E-state index contributed by atoms with van der Waals surface area (Å²) >= 11 is 0.557. The van der Waals surface area contributed by atoms with Crippen LogP contribution in [0.2, 0.25) is 0 Å². The van der Waals surface area contributed by atoms with Crippen molar-refractivity contribution in [3.63, 3.8) is 0 Å². The number of aromatic nitrogens is 3. The first-order valence-corrected chi connectivity index (χ1v) is 14.1. The maximum absolute atomic E-state index is 13.6. The number of nitrogens with one attached hydrogen (secondary N) is 2. The molecule has 3 aromatic heterocycles. The number of urea groups is 1. The topological polar surface area (TPSA) is 168 Å². The van der Waals surface area contributed by atoms with Crippen LogP contribution in [0.4, 0.5) is 23.8 Å². The number of ether oxygens (including phenoxy) is 4. The summed E-state index contributed by atoms with van der Waals surface area (Å²) in [6.07, 6.45) is -2.76. The standard InChI is InChI=1S/C28H30F3N5O8S/c1-7-32-26(40)36-21-20(25(39)42-6)19(23-35-17(13-45-23)28(29,30)31)16(12-33-21)15-10-14(24(38)41-5)11-34-22(15)43-9-8-18(37)44-27(2,3)4/h10-13H,7-9H2,1-6H3,(H2,32,33,36,40). The van der Waals surface area contributed by atoms with Gasteiger partial charge in [0.05, 0.1) is 26.2 Å². The predicted molar refractivity (Wildman–Crippen MR) is 155 cm³/mol. The minimum atomic E-state index is -4.82. The van der Waals surface area contributed by atoms with Crippen molar-refractivity contribution in [1.29, 1.82) is 0 Å². The van der Waals surface area contributed by atoms with E-state index in [1.807, 2.05) is 0 Å². The first-order valence-electron chi connectivity index (χ1n) is 13.2. The van der Waals surface area contributed by atoms with Crippen LogP contribution in [0.1, 0.15) is 60.5 Å². The lowest BCUT2D eigenvalue weighted by Crippen LogP contribution is -2.29. The van der Waals surface area contributed by atoms with Gasteiger partial charge < -0.3 is 24.3 Å². The van der Waals surface area contributed by atoms with Crippen LogP contribution in [0.3, 0.4) is 0 Å². The molecule has 2 N–H and O–H groups in total. The number of anilines is 1. The molecule has 13 nitrogen and oxygen atoms in total. The molecular formula is C28H30F3N5O8S. The number of carbonyl (C=O) groups is 4. The molecule has 0 unspecified atom stereocenters. The molecular weight excluding hydrogens is 623 g/mol. The van der Waals surface area contributed by atoms with Crippen LogP contribution in [0, 0.1) is 0 Å². The quantitative estimate of drug-likeness (QED) is 0.220. The minimum Gasteiger partial charge on any atom is -0.477 e. The van der Waals surface area contributed by atoms with E-state index in [9.17, 15) is 32.3 Å². The van der Waals surface area contributed by atoms with Crippen LogP contribution >= 0.6 is 11.3 Å². The third-order valence-electron chi connectivity index (χ3n) is 5.57. The Balaban J connectivity index is 2.30. The highest BCUT2D eigenvalue weighted by atomic mass is 32.1. The van der Waals surface area contributed by atoms with E-state index in [1.165, 1.54) is 6.07 Å². The lowest BCUT2D eigenvalue weighted by molar-refractivity contribution is -0.155. The Labute approximate surface area is 259 Å². The molecule has 3 rings (SSSR count). The van der Waals surface area contributed by atoms with Gasteiger partial charge in [0.1, 0.15) is 28.6 Å². The number of methoxy groups -OCH3 is 2. The summed E-state index contributed by atoms with van der Waals surface area (Å²) < 4.78 is 61.6. The van der Waals surface area contributed by atoms with Crippen molar-refractivity contribution in [3.8, 4) is 27.6 Å². The Hall–Kier alpha value is -4.80. The van der Waals surface area contributed by atoms with E-state index in [-0.39, 0.29) is 58.5 Å². The summed E-state index contributed by atoms with van der Waals surface area (Å²) in [6.45, 7) is 6.68. The highest BCUT2D eigenvalue weighted by Gasteiger charge is 2.36. The summed E-state index contributed by atoms with van der Waals surface area (Å²) in [7, 11) is 2.16. The minimum absolute atomic E-state index is 0.0249. The summed E-state index contributed by atoms with van der Waals surface area (Å²) in [6, 6.07) is 0.503. The van der Waals surface area contributed by atoms with Crippen LogP contribution in [0.15, 0.2) is 23.8 Å². The molecule has 2 amide bonds. The van der Waals surface area contributed by atoms with Gasteiger partial charge in [-0.25, -0.2) is 29.3 Å². The molecule has 0 fully saturated rings. The molecule has 0 spiro atoms. The highest BCUT2D eigenvalue weighted by molar-refractivity contribution is 7.13. The van der Waals surface area contributed by atoms with E-state index in [2.05, 4.69) is 25.6 Å². The highest BCUT2D eigenvalue weighted by Crippen LogP contribution is 2.43. The molecule has 3 aromatic rings. The number of nitrogens with zero attached hydrogens (tertiary/aromatic N) is 3. The molecule has 45 heavy (non-hydrogen) atoms. The Morgan fingerprint density at radius 2 is 1.67 bits per heavy atom. The molecule has 242 valence electrons. The van der Waals surface area contributed by atoms with Gasteiger partial charge in [0, 0.05) is 41.0 Å². The molecule has 0 aliphatic heterocycles. The van der Waals surface area contributed by atoms with Gasteiger partial charge in [-0.15, -0.1) is 11.3 Å². The number of halogens is 3. The fourth-order valence-corrected chi connectivity index (χ4v) is 4.67. The van der Waals surface area contributed by atoms with Crippen molar-refractivity contribution in [2.24, 2.45) is 0 Å². The van der Waals surface area contributed by atoms with Gasteiger partial charge in [0.2, 0.25) is 5.88 Å². The van der Waals surface area contributed by atoms with Gasteiger partial charge in [0.25, 0.3) is 0 Å². The number of alkyl halides is 3. The van der Waals surface area contributed by atoms with Crippen LogP contribution in [0.25, 0.3) is 21.7 Å². The Morgan fingerprint density at radius 1 is 0.978 bits per heavy atom. The van der Waals surface area contributed by atoms with Gasteiger partial charge in [-0.1, -0.05) is 0 Å². The largest absolute Gasteiger partial charge is 0.477 e. The van der Waals surface area contributed by atoms with Crippen molar-refractivity contribution in [1.82, 2.24) is 20.3 Å². The average Bonchev–Trinajstić information content (AvgIpc) is 3.46. The van der Waals surface area contributed by atoms with Crippen molar-refractivity contribution in [2.75, 3.05) is 32.7 Å².